The van der Waals surface area contributed by atoms with Crippen LogP contribution < -0.4 is 10.6 Å². The molecule has 2 atom stereocenters. The molecule has 0 heterocycles. The van der Waals surface area contributed by atoms with Gasteiger partial charge in [-0.2, -0.15) is 0 Å². The Labute approximate surface area is 138 Å². The highest BCUT2D eigenvalue weighted by atomic mass is 16.3. The molecular formula is C18H28N2O3. The first-order valence-electron chi connectivity index (χ1n) is 8.19. The van der Waals surface area contributed by atoms with E-state index in [2.05, 4.69) is 10.6 Å². The Hall–Kier alpha value is -1.88. The Morgan fingerprint density at radius 2 is 1.87 bits per heavy atom. The fourth-order valence-electron chi connectivity index (χ4n) is 2.35. The standard InChI is InChI=1S/C18H28N2O3/c1-5-8-14(21)11-19-18(23)16(12(2)3)20-17(22)15-10-7-6-9-13(15)4/h6-7,9-10,12,14,16,21H,5,8,11H2,1-4H3,(H,19,23)(H,20,22). The number of hydrogen-bond donors (Lipinski definition) is 3. The van der Waals surface area contributed by atoms with Gasteiger partial charge in [-0.1, -0.05) is 45.4 Å². The fraction of sp³-hybridized carbons (Fsp3) is 0.556. The summed E-state index contributed by atoms with van der Waals surface area (Å²) in [7, 11) is 0. The van der Waals surface area contributed by atoms with Crippen LogP contribution in [-0.4, -0.2) is 35.6 Å². The number of hydrogen-bond acceptors (Lipinski definition) is 3. The number of aliphatic hydroxyl groups is 1. The van der Waals surface area contributed by atoms with Crippen molar-refractivity contribution in [1.29, 1.82) is 0 Å². The average Bonchev–Trinajstić information content (AvgIpc) is 2.50. The van der Waals surface area contributed by atoms with Crippen LogP contribution in [0.2, 0.25) is 0 Å². The van der Waals surface area contributed by atoms with E-state index in [9.17, 15) is 14.7 Å². The summed E-state index contributed by atoms with van der Waals surface area (Å²) in [4.78, 5) is 24.7. The van der Waals surface area contributed by atoms with E-state index in [1.54, 1.807) is 12.1 Å². The smallest absolute Gasteiger partial charge is 0.252 e. The zero-order valence-corrected chi connectivity index (χ0v) is 14.4. The van der Waals surface area contributed by atoms with Gasteiger partial charge in [0, 0.05) is 12.1 Å². The zero-order chi connectivity index (χ0) is 17.4. The van der Waals surface area contributed by atoms with E-state index < -0.39 is 12.1 Å². The van der Waals surface area contributed by atoms with Gasteiger partial charge in [-0.3, -0.25) is 9.59 Å². The summed E-state index contributed by atoms with van der Waals surface area (Å²) in [6.07, 6.45) is 0.945. The molecule has 0 aliphatic heterocycles. The minimum Gasteiger partial charge on any atom is -0.391 e. The first-order chi connectivity index (χ1) is 10.9. The Morgan fingerprint density at radius 3 is 2.43 bits per heavy atom. The van der Waals surface area contributed by atoms with Gasteiger partial charge in [0.25, 0.3) is 5.91 Å². The van der Waals surface area contributed by atoms with E-state index in [1.165, 1.54) is 0 Å². The summed E-state index contributed by atoms with van der Waals surface area (Å²) in [5, 5.41) is 15.2. The molecule has 1 rings (SSSR count). The summed E-state index contributed by atoms with van der Waals surface area (Å²) in [6.45, 7) is 7.80. The molecule has 0 aliphatic carbocycles. The molecule has 128 valence electrons. The van der Waals surface area contributed by atoms with Crippen molar-refractivity contribution in [2.24, 2.45) is 5.92 Å². The van der Waals surface area contributed by atoms with Gasteiger partial charge in [0.1, 0.15) is 6.04 Å². The van der Waals surface area contributed by atoms with E-state index in [0.29, 0.717) is 12.0 Å². The Kier molecular flexibility index (Phi) is 7.75. The molecular weight excluding hydrogens is 292 g/mol. The normalized spacial score (nSPS) is 13.5. The average molecular weight is 320 g/mol. The van der Waals surface area contributed by atoms with Crippen LogP contribution >= 0.6 is 0 Å². The summed E-state index contributed by atoms with van der Waals surface area (Å²) >= 11 is 0. The van der Waals surface area contributed by atoms with Crippen molar-refractivity contribution in [1.82, 2.24) is 10.6 Å². The van der Waals surface area contributed by atoms with Crippen LogP contribution in [0.1, 0.15) is 49.5 Å². The van der Waals surface area contributed by atoms with Crippen molar-refractivity contribution in [3.63, 3.8) is 0 Å². The van der Waals surface area contributed by atoms with Crippen molar-refractivity contribution in [2.45, 2.75) is 52.7 Å². The van der Waals surface area contributed by atoms with Crippen LogP contribution in [0.5, 0.6) is 0 Å². The highest BCUT2D eigenvalue weighted by molar-refractivity contribution is 5.98. The molecule has 5 heteroatoms. The maximum Gasteiger partial charge on any atom is 0.252 e. The lowest BCUT2D eigenvalue weighted by Gasteiger charge is -2.23. The second-order valence-corrected chi connectivity index (χ2v) is 6.20. The number of amides is 2. The van der Waals surface area contributed by atoms with Crippen LogP contribution in [0.25, 0.3) is 0 Å². The number of aryl methyl sites for hydroxylation is 1. The number of rotatable bonds is 8. The molecule has 0 fully saturated rings. The van der Waals surface area contributed by atoms with Crippen LogP contribution in [0.3, 0.4) is 0 Å². The minimum atomic E-state index is -0.629. The molecule has 0 aromatic heterocycles. The van der Waals surface area contributed by atoms with Crippen molar-refractivity contribution in [2.75, 3.05) is 6.54 Å². The molecule has 2 unspecified atom stereocenters. The van der Waals surface area contributed by atoms with Crippen molar-refractivity contribution in [3.05, 3.63) is 35.4 Å². The van der Waals surface area contributed by atoms with E-state index in [4.69, 9.17) is 0 Å². The first kappa shape index (κ1) is 19.2. The van der Waals surface area contributed by atoms with Gasteiger partial charge in [-0.25, -0.2) is 0 Å². The quantitative estimate of drug-likeness (QED) is 0.686. The lowest BCUT2D eigenvalue weighted by atomic mass is 10.0. The predicted molar refractivity (Wildman–Crippen MR) is 91.2 cm³/mol. The predicted octanol–water partition coefficient (Wildman–Crippen LogP) is 2.03. The van der Waals surface area contributed by atoms with E-state index >= 15 is 0 Å². The molecule has 23 heavy (non-hydrogen) atoms. The topological polar surface area (TPSA) is 78.4 Å². The Bertz CT molecular complexity index is 529. The molecule has 2 amide bonds. The second-order valence-electron chi connectivity index (χ2n) is 6.20. The summed E-state index contributed by atoms with van der Waals surface area (Å²) < 4.78 is 0. The lowest BCUT2D eigenvalue weighted by molar-refractivity contribution is -0.124. The van der Waals surface area contributed by atoms with Crippen molar-refractivity contribution < 1.29 is 14.7 Å². The molecule has 0 bridgehead atoms. The monoisotopic (exact) mass is 320 g/mol. The number of carbonyl (C=O) groups excluding carboxylic acids is 2. The molecule has 5 nitrogen and oxygen atoms in total. The highest BCUT2D eigenvalue weighted by Crippen LogP contribution is 2.09. The number of aliphatic hydroxyl groups excluding tert-OH is 1. The van der Waals surface area contributed by atoms with Gasteiger partial charge >= 0.3 is 0 Å². The molecule has 3 N–H and O–H groups in total. The number of nitrogens with one attached hydrogen (secondary N) is 2. The SMILES string of the molecule is CCCC(O)CNC(=O)C(NC(=O)c1ccccc1C)C(C)C. The third-order valence-electron chi connectivity index (χ3n) is 3.76. The second kappa shape index (κ2) is 9.30. The Morgan fingerprint density at radius 1 is 1.22 bits per heavy atom. The zero-order valence-electron chi connectivity index (χ0n) is 14.4. The van der Waals surface area contributed by atoms with Crippen molar-refractivity contribution >= 4 is 11.8 Å². The molecule has 1 aromatic rings. The Balaban J connectivity index is 2.69. The summed E-state index contributed by atoms with van der Waals surface area (Å²) in [5.74, 6) is -0.575. The summed E-state index contributed by atoms with van der Waals surface area (Å²) in [5.41, 5.74) is 1.43. The maximum absolute atomic E-state index is 12.4. The fourth-order valence-corrected chi connectivity index (χ4v) is 2.35. The van der Waals surface area contributed by atoms with Gasteiger partial charge in [-0.05, 0) is 30.9 Å². The summed E-state index contributed by atoms with van der Waals surface area (Å²) in [6, 6.07) is 6.64. The van der Waals surface area contributed by atoms with E-state index in [0.717, 1.165) is 12.0 Å². The lowest BCUT2D eigenvalue weighted by Crippen LogP contribution is -2.51. The van der Waals surface area contributed by atoms with Crippen LogP contribution in [0.15, 0.2) is 24.3 Å². The molecule has 0 spiro atoms. The van der Waals surface area contributed by atoms with Gasteiger partial charge in [0.05, 0.1) is 6.10 Å². The van der Waals surface area contributed by atoms with Crippen molar-refractivity contribution in [3.8, 4) is 0 Å². The first-order valence-corrected chi connectivity index (χ1v) is 8.19. The van der Waals surface area contributed by atoms with Gasteiger partial charge in [-0.15, -0.1) is 0 Å². The van der Waals surface area contributed by atoms with Gasteiger partial charge in [0.2, 0.25) is 5.91 Å². The van der Waals surface area contributed by atoms with E-state index in [1.807, 2.05) is 39.8 Å². The third kappa shape index (κ3) is 6.02. The molecule has 0 saturated carbocycles. The van der Waals surface area contributed by atoms with Crippen LogP contribution in [0.4, 0.5) is 0 Å². The largest absolute Gasteiger partial charge is 0.391 e. The van der Waals surface area contributed by atoms with Gasteiger partial charge in [0.15, 0.2) is 0 Å². The molecule has 0 radical (unpaired) electrons. The van der Waals surface area contributed by atoms with Crippen LogP contribution in [0, 0.1) is 12.8 Å². The maximum atomic E-state index is 12.4. The highest BCUT2D eigenvalue weighted by Gasteiger charge is 2.25. The molecule has 1 aromatic carbocycles. The number of carbonyl (C=O) groups is 2. The minimum absolute atomic E-state index is 0.0497. The van der Waals surface area contributed by atoms with E-state index in [-0.39, 0.29) is 24.3 Å². The molecule has 0 aliphatic rings. The molecule has 0 saturated heterocycles. The third-order valence-corrected chi connectivity index (χ3v) is 3.76. The van der Waals surface area contributed by atoms with Gasteiger partial charge < -0.3 is 15.7 Å². The van der Waals surface area contributed by atoms with Crippen LogP contribution in [-0.2, 0) is 4.79 Å². The number of benzene rings is 1.